The Morgan fingerprint density at radius 1 is 0.926 bits per heavy atom. The minimum atomic E-state index is -0.00593. The van der Waals surface area contributed by atoms with Crippen LogP contribution in [0.3, 0.4) is 0 Å². The molecule has 0 radical (unpaired) electrons. The maximum absolute atomic E-state index is 12.9. The lowest BCUT2D eigenvalue weighted by atomic mass is 9.98. The van der Waals surface area contributed by atoms with Crippen molar-refractivity contribution >= 4 is 11.6 Å². The van der Waals surface area contributed by atoms with Crippen molar-refractivity contribution in [2.75, 3.05) is 18.0 Å². The highest BCUT2D eigenvalue weighted by Gasteiger charge is 2.25. The molecular formula is C24H24N2O. The number of rotatable bonds is 5. The molecule has 0 unspecified atom stereocenters. The third-order valence-corrected chi connectivity index (χ3v) is 5.19. The number of fused-ring (bicyclic) bond motifs is 1. The van der Waals surface area contributed by atoms with Gasteiger partial charge in [-0.3, -0.25) is 10.1 Å². The highest BCUT2D eigenvalue weighted by atomic mass is 16.2. The number of nitrogens with one attached hydrogen (secondary N) is 1. The number of aryl methyl sites for hydroxylation is 1. The molecule has 0 bridgehead atoms. The Morgan fingerprint density at radius 3 is 2.37 bits per heavy atom. The van der Waals surface area contributed by atoms with Gasteiger partial charge in [-0.25, -0.2) is 0 Å². The minimum absolute atomic E-state index is 0.00593. The van der Waals surface area contributed by atoms with Crippen molar-refractivity contribution in [3.8, 4) is 0 Å². The summed E-state index contributed by atoms with van der Waals surface area (Å²) in [6.45, 7) is 3.16. The highest BCUT2D eigenvalue weighted by Crippen LogP contribution is 2.28. The second-order valence-electron chi connectivity index (χ2n) is 7.06. The smallest absolute Gasteiger partial charge is 0.240 e. The zero-order valence-electron chi connectivity index (χ0n) is 15.6. The molecule has 3 aromatic rings. The van der Waals surface area contributed by atoms with Crippen molar-refractivity contribution in [1.82, 2.24) is 5.32 Å². The fourth-order valence-corrected chi connectivity index (χ4v) is 3.71. The number of hydrogen-bond acceptors (Lipinski definition) is 2. The van der Waals surface area contributed by atoms with Crippen LogP contribution in [0.4, 0.5) is 5.69 Å². The largest absolute Gasteiger partial charge is 0.311 e. The Labute approximate surface area is 160 Å². The lowest BCUT2D eigenvalue weighted by Gasteiger charge is -2.23. The topological polar surface area (TPSA) is 32.3 Å². The van der Waals surface area contributed by atoms with E-state index in [9.17, 15) is 4.79 Å². The maximum atomic E-state index is 12.9. The summed E-state index contributed by atoms with van der Waals surface area (Å²) in [6, 6.07) is 27.0. The van der Waals surface area contributed by atoms with Crippen LogP contribution in [0.2, 0.25) is 0 Å². The van der Waals surface area contributed by atoms with Crippen molar-refractivity contribution < 1.29 is 4.79 Å². The van der Waals surface area contributed by atoms with Gasteiger partial charge in [0, 0.05) is 12.2 Å². The summed E-state index contributed by atoms with van der Waals surface area (Å²) in [6.07, 6.45) is 0.933. The quantitative estimate of drug-likeness (QED) is 0.741. The first-order valence-electron chi connectivity index (χ1n) is 9.45. The molecule has 1 amide bonds. The molecule has 27 heavy (non-hydrogen) atoms. The Bertz CT molecular complexity index is 919. The van der Waals surface area contributed by atoms with Crippen LogP contribution in [0.1, 0.15) is 28.3 Å². The van der Waals surface area contributed by atoms with E-state index < -0.39 is 0 Å². The number of amides is 1. The highest BCUT2D eigenvalue weighted by molar-refractivity contribution is 5.96. The standard InChI is InChI=1S/C24H24N2O/c1-18-11-13-21(14-12-18)24(20-8-3-2-4-9-20)25-17-23(27)26-16-15-19-7-5-6-10-22(19)26/h2-14,24-25H,15-17H2,1H3/t24-/m0/s1. The Balaban J connectivity index is 1.52. The number of carbonyl (C=O) groups is 1. The summed E-state index contributed by atoms with van der Waals surface area (Å²) in [7, 11) is 0. The molecule has 1 atom stereocenters. The van der Waals surface area contributed by atoms with E-state index in [1.54, 1.807) is 0 Å². The number of carbonyl (C=O) groups excluding carboxylic acids is 1. The average molecular weight is 356 g/mol. The van der Waals surface area contributed by atoms with E-state index in [0.29, 0.717) is 6.54 Å². The predicted molar refractivity (Wildman–Crippen MR) is 110 cm³/mol. The van der Waals surface area contributed by atoms with Crippen molar-refractivity contribution in [1.29, 1.82) is 0 Å². The summed E-state index contributed by atoms with van der Waals surface area (Å²) in [5.41, 5.74) is 5.87. The summed E-state index contributed by atoms with van der Waals surface area (Å²) in [5, 5.41) is 3.49. The SMILES string of the molecule is Cc1ccc([C@@H](NCC(=O)N2CCc3ccccc32)c2ccccc2)cc1. The summed E-state index contributed by atoms with van der Waals surface area (Å²) < 4.78 is 0. The molecule has 1 heterocycles. The molecular weight excluding hydrogens is 332 g/mol. The van der Waals surface area contributed by atoms with E-state index in [0.717, 1.165) is 24.2 Å². The first kappa shape index (κ1) is 17.5. The maximum Gasteiger partial charge on any atom is 0.240 e. The molecule has 1 aliphatic heterocycles. The average Bonchev–Trinajstić information content (AvgIpc) is 3.14. The van der Waals surface area contributed by atoms with Crippen LogP contribution >= 0.6 is 0 Å². The molecule has 0 aromatic heterocycles. The van der Waals surface area contributed by atoms with Gasteiger partial charge in [-0.2, -0.15) is 0 Å². The van der Waals surface area contributed by atoms with Gasteiger partial charge in [-0.05, 0) is 36.1 Å². The fourth-order valence-electron chi connectivity index (χ4n) is 3.71. The molecule has 3 heteroatoms. The van der Waals surface area contributed by atoms with Crippen molar-refractivity contribution in [2.45, 2.75) is 19.4 Å². The van der Waals surface area contributed by atoms with Crippen LogP contribution in [0.5, 0.6) is 0 Å². The van der Waals surface area contributed by atoms with Gasteiger partial charge < -0.3 is 4.90 Å². The Kier molecular flexibility index (Phi) is 5.03. The lowest BCUT2D eigenvalue weighted by molar-refractivity contribution is -0.117. The Morgan fingerprint density at radius 2 is 1.59 bits per heavy atom. The van der Waals surface area contributed by atoms with Gasteiger partial charge in [-0.15, -0.1) is 0 Å². The van der Waals surface area contributed by atoms with Gasteiger partial charge in [-0.1, -0.05) is 78.4 Å². The number of para-hydroxylation sites is 1. The van der Waals surface area contributed by atoms with Crippen LogP contribution < -0.4 is 10.2 Å². The van der Waals surface area contributed by atoms with E-state index >= 15 is 0 Å². The lowest BCUT2D eigenvalue weighted by Crippen LogP contribution is -2.38. The summed E-state index contributed by atoms with van der Waals surface area (Å²) in [5.74, 6) is 0.119. The molecule has 0 aliphatic carbocycles. The Hall–Kier alpha value is -2.91. The van der Waals surface area contributed by atoms with Crippen LogP contribution in [-0.2, 0) is 11.2 Å². The molecule has 1 aliphatic rings. The molecule has 1 N–H and O–H groups in total. The van der Waals surface area contributed by atoms with Crippen molar-refractivity contribution in [3.05, 3.63) is 101 Å². The first-order chi connectivity index (χ1) is 13.2. The van der Waals surface area contributed by atoms with Crippen LogP contribution in [0.15, 0.2) is 78.9 Å². The monoisotopic (exact) mass is 356 g/mol. The van der Waals surface area contributed by atoms with Gasteiger partial charge in [0.2, 0.25) is 5.91 Å². The normalized spacial score (nSPS) is 14.0. The molecule has 4 rings (SSSR count). The predicted octanol–water partition coefficient (Wildman–Crippen LogP) is 4.26. The third-order valence-electron chi connectivity index (χ3n) is 5.19. The van der Waals surface area contributed by atoms with Crippen LogP contribution in [0.25, 0.3) is 0 Å². The molecule has 136 valence electrons. The van der Waals surface area contributed by atoms with Gasteiger partial charge >= 0.3 is 0 Å². The van der Waals surface area contributed by atoms with E-state index in [1.165, 1.54) is 16.7 Å². The molecule has 0 spiro atoms. The van der Waals surface area contributed by atoms with E-state index in [2.05, 4.69) is 54.7 Å². The second-order valence-corrected chi connectivity index (χ2v) is 7.06. The van der Waals surface area contributed by atoms with E-state index in [1.807, 2.05) is 41.3 Å². The van der Waals surface area contributed by atoms with Crippen LogP contribution in [-0.4, -0.2) is 19.0 Å². The zero-order chi connectivity index (χ0) is 18.6. The number of anilines is 1. The van der Waals surface area contributed by atoms with Gasteiger partial charge in [0.15, 0.2) is 0 Å². The second kappa shape index (κ2) is 7.77. The first-order valence-corrected chi connectivity index (χ1v) is 9.45. The minimum Gasteiger partial charge on any atom is -0.311 e. The number of benzene rings is 3. The van der Waals surface area contributed by atoms with E-state index in [4.69, 9.17) is 0 Å². The van der Waals surface area contributed by atoms with Gasteiger partial charge in [0.05, 0.1) is 12.6 Å². The molecule has 0 saturated carbocycles. The molecule has 3 nitrogen and oxygen atoms in total. The van der Waals surface area contributed by atoms with E-state index in [-0.39, 0.29) is 11.9 Å². The number of hydrogen-bond donors (Lipinski definition) is 1. The third kappa shape index (κ3) is 3.79. The fraction of sp³-hybridized carbons (Fsp3) is 0.208. The van der Waals surface area contributed by atoms with Crippen LogP contribution in [0, 0.1) is 6.92 Å². The number of nitrogens with zero attached hydrogens (tertiary/aromatic N) is 1. The molecule has 0 saturated heterocycles. The molecule has 0 fully saturated rings. The van der Waals surface area contributed by atoms with Crippen molar-refractivity contribution in [3.63, 3.8) is 0 Å². The van der Waals surface area contributed by atoms with Gasteiger partial charge in [0.1, 0.15) is 0 Å². The summed E-state index contributed by atoms with van der Waals surface area (Å²) in [4.78, 5) is 14.8. The summed E-state index contributed by atoms with van der Waals surface area (Å²) >= 11 is 0. The van der Waals surface area contributed by atoms with Crippen molar-refractivity contribution in [2.24, 2.45) is 0 Å². The molecule has 3 aromatic carbocycles. The van der Waals surface area contributed by atoms with Gasteiger partial charge in [0.25, 0.3) is 0 Å². The zero-order valence-corrected chi connectivity index (χ0v) is 15.6.